The molecule has 50 heavy (non-hydrogen) atoms. The van der Waals surface area contributed by atoms with Crippen molar-refractivity contribution in [1.82, 2.24) is 24.3 Å². The van der Waals surface area contributed by atoms with E-state index >= 15 is 0 Å². The molecule has 0 radical (unpaired) electrons. The predicted molar refractivity (Wildman–Crippen MR) is 194 cm³/mol. The molecule has 7 rings (SSSR count). The van der Waals surface area contributed by atoms with Crippen LogP contribution in [0.1, 0.15) is 49.3 Å². The van der Waals surface area contributed by atoms with Crippen LogP contribution < -0.4 is 21.3 Å². The summed E-state index contributed by atoms with van der Waals surface area (Å²) in [5, 5.41) is 4.23. The van der Waals surface area contributed by atoms with Gasteiger partial charge >= 0.3 is 5.69 Å². The number of hydrogen-bond acceptors (Lipinski definition) is 7. The quantitative estimate of drug-likeness (QED) is 0.188. The molecule has 0 amide bonds. The molecule has 1 saturated carbocycles. The van der Waals surface area contributed by atoms with E-state index in [1.807, 2.05) is 42.5 Å². The fourth-order valence-corrected chi connectivity index (χ4v) is 7.48. The zero-order chi connectivity index (χ0) is 34.6. The number of pyridine rings is 1. The van der Waals surface area contributed by atoms with Crippen molar-refractivity contribution in [3.8, 4) is 22.6 Å². The summed E-state index contributed by atoms with van der Waals surface area (Å²) >= 11 is 6.31. The number of halogens is 2. The van der Waals surface area contributed by atoms with Gasteiger partial charge in [0, 0.05) is 44.9 Å². The molecule has 3 aromatic carbocycles. The van der Waals surface area contributed by atoms with Crippen LogP contribution >= 0.6 is 11.6 Å². The maximum absolute atomic E-state index is 14.5. The highest BCUT2D eigenvalue weighted by Gasteiger charge is 2.27. The Hall–Kier alpha value is -4.35. The van der Waals surface area contributed by atoms with Gasteiger partial charge in [-0.3, -0.25) is 14.3 Å². The molecule has 260 valence electrons. The van der Waals surface area contributed by atoms with Crippen molar-refractivity contribution < 1.29 is 13.9 Å². The third-order valence-electron chi connectivity index (χ3n) is 9.88. The minimum Gasteiger partial charge on any atom is -0.495 e. The van der Waals surface area contributed by atoms with Crippen molar-refractivity contribution in [2.75, 3.05) is 33.4 Å². The van der Waals surface area contributed by atoms with E-state index in [2.05, 4.69) is 39.5 Å². The molecule has 1 aliphatic heterocycles. The molecule has 0 spiro atoms. The molecule has 0 atom stereocenters. The number of nitrogens with zero attached hydrogens (tertiary/aromatic N) is 4. The molecule has 2 aliphatic rings. The van der Waals surface area contributed by atoms with Crippen molar-refractivity contribution in [3.63, 3.8) is 0 Å². The lowest BCUT2D eigenvalue weighted by Crippen LogP contribution is -2.44. The molecule has 0 bridgehead atoms. The van der Waals surface area contributed by atoms with Crippen LogP contribution in [0.25, 0.3) is 27.8 Å². The molecule has 0 unspecified atom stereocenters. The summed E-state index contributed by atoms with van der Waals surface area (Å²) in [6.07, 6.45) is 4.89. The fraction of sp³-hybridized carbons (Fsp3) is 0.359. The Morgan fingerprint density at radius 1 is 0.940 bits per heavy atom. The molecule has 2 aromatic heterocycles. The third kappa shape index (κ3) is 7.39. The number of nitrogens with one attached hydrogen (secondary N) is 1. The molecule has 1 aliphatic carbocycles. The summed E-state index contributed by atoms with van der Waals surface area (Å²) in [6, 6.07) is 22.9. The van der Waals surface area contributed by atoms with Gasteiger partial charge < -0.3 is 14.8 Å². The Morgan fingerprint density at radius 3 is 2.52 bits per heavy atom. The van der Waals surface area contributed by atoms with Gasteiger partial charge in [0.2, 0.25) is 0 Å². The van der Waals surface area contributed by atoms with E-state index in [1.165, 1.54) is 20.8 Å². The van der Waals surface area contributed by atoms with E-state index < -0.39 is 17.1 Å². The van der Waals surface area contributed by atoms with E-state index in [-0.39, 0.29) is 23.1 Å². The van der Waals surface area contributed by atoms with Crippen LogP contribution in [0.5, 0.6) is 5.75 Å². The maximum Gasteiger partial charge on any atom is 0.337 e. The largest absolute Gasteiger partial charge is 0.495 e. The molecule has 11 heteroatoms. The maximum atomic E-state index is 14.5. The molecule has 3 heterocycles. The number of methoxy groups -OCH3 is 1. The second kappa shape index (κ2) is 15.3. The summed E-state index contributed by atoms with van der Waals surface area (Å²) in [5.41, 5.74) is 3.90. The van der Waals surface area contributed by atoms with Crippen LogP contribution in [0.2, 0.25) is 5.02 Å². The summed E-state index contributed by atoms with van der Waals surface area (Å²) in [7, 11) is 1.59. The zero-order valence-corrected chi connectivity index (χ0v) is 28.9. The van der Waals surface area contributed by atoms with E-state index in [1.54, 1.807) is 7.11 Å². The number of fused-ring (bicyclic) bond motifs is 1. The SMILES string of the molecule is COc1ccc(CNC2CCC(n3c(=O)c4cc(F)cnc4n(-c4cccc(-c5ccc(CN6CCCOCC6)cc5)c4)c3=O)CC2)cc1Cl. The van der Waals surface area contributed by atoms with Crippen LogP contribution in [0.15, 0.2) is 88.6 Å². The van der Waals surface area contributed by atoms with Crippen molar-refractivity contribution >= 4 is 22.6 Å². The smallest absolute Gasteiger partial charge is 0.337 e. The van der Waals surface area contributed by atoms with Gasteiger partial charge in [0.25, 0.3) is 5.56 Å². The molecule has 1 N–H and O–H groups in total. The monoisotopic (exact) mass is 697 g/mol. The number of rotatable bonds is 9. The Kier molecular flexibility index (Phi) is 10.4. The number of hydrogen-bond donors (Lipinski definition) is 1. The predicted octanol–water partition coefficient (Wildman–Crippen LogP) is 6.51. The van der Waals surface area contributed by atoms with Gasteiger partial charge in [-0.15, -0.1) is 0 Å². The Balaban J connectivity index is 1.13. The summed E-state index contributed by atoms with van der Waals surface area (Å²) in [4.78, 5) is 34.8. The van der Waals surface area contributed by atoms with Gasteiger partial charge in [-0.05, 0) is 84.7 Å². The van der Waals surface area contributed by atoms with Crippen molar-refractivity contribution in [3.05, 3.63) is 122 Å². The lowest BCUT2D eigenvalue weighted by molar-refractivity contribution is 0.140. The molecule has 5 aromatic rings. The average molecular weight is 698 g/mol. The average Bonchev–Trinajstić information content (AvgIpc) is 3.41. The Labute approximate surface area is 295 Å². The first-order chi connectivity index (χ1) is 24.4. The van der Waals surface area contributed by atoms with E-state index in [0.29, 0.717) is 35.8 Å². The van der Waals surface area contributed by atoms with Crippen molar-refractivity contribution in [2.45, 2.75) is 57.3 Å². The van der Waals surface area contributed by atoms with Crippen molar-refractivity contribution in [1.29, 1.82) is 0 Å². The van der Waals surface area contributed by atoms with Gasteiger partial charge in [-0.2, -0.15) is 0 Å². The minimum atomic E-state index is -0.626. The molecule has 9 nitrogen and oxygen atoms in total. The van der Waals surface area contributed by atoms with Gasteiger partial charge in [0.1, 0.15) is 11.6 Å². The van der Waals surface area contributed by atoms with Crippen LogP contribution in [0, 0.1) is 5.82 Å². The first kappa shape index (κ1) is 34.1. The molecular formula is C39H41ClFN5O4. The minimum absolute atomic E-state index is 0.0786. The first-order valence-electron chi connectivity index (χ1n) is 17.3. The van der Waals surface area contributed by atoms with Crippen LogP contribution in [0.4, 0.5) is 4.39 Å². The molecular weight excluding hydrogens is 657 g/mol. The van der Waals surface area contributed by atoms with Crippen LogP contribution in [0.3, 0.4) is 0 Å². The number of benzene rings is 3. The highest BCUT2D eigenvalue weighted by Crippen LogP contribution is 2.30. The topological polar surface area (TPSA) is 90.6 Å². The lowest BCUT2D eigenvalue weighted by atomic mass is 9.90. The zero-order valence-electron chi connectivity index (χ0n) is 28.1. The standard InChI is InChI=1S/C39H41ClFN5O4/c1-49-36-15-8-27(20-35(36)40)23-42-31-11-13-32(14-12-31)46-38(47)34-22-30(41)24-43-37(34)45(39(46)48)33-5-2-4-29(21-33)28-9-6-26(7-10-28)25-44-16-3-18-50-19-17-44/h2,4-10,15,20-22,24,31-32,42H,3,11-14,16-19,23,25H2,1H3. The number of aromatic nitrogens is 3. The first-order valence-corrected chi connectivity index (χ1v) is 17.6. The summed E-state index contributed by atoms with van der Waals surface area (Å²) < 4.78 is 28.1. The summed E-state index contributed by atoms with van der Waals surface area (Å²) in [6.45, 7) is 5.02. The fourth-order valence-electron chi connectivity index (χ4n) is 7.20. The van der Waals surface area contributed by atoms with E-state index in [0.717, 1.165) is 75.0 Å². The Bertz CT molecular complexity index is 2080. The molecule has 1 saturated heterocycles. The highest BCUT2D eigenvalue weighted by atomic mass is 35.5. The van der Waals surface area contributed by atoms with Crippen LogP contribution in [-0.4, -0.2) is 58.5 Å². The van der Waals surface area contributed by atoms with Gasteiger partial charge in [0.05, 0.1) is 36.0 Å². The normalized spacial score (nSPS) is 18.6. The van der Waals surface area contributed by atoms with Gasteiger partial charge in [-0.25, -0.2) is 18.7 Å². The van der Waals surface area contributed by atoms with Gasteiger partial charge in [-0.1, -0.05) is 54.1 Å². The van der Waals surface area contributed by atoms with E-state index in [9.17, 15) is 14.0 Å². The van der Waals surface area contributed by atoms with Crippen molar-refractivity contribution in [2.24, 2.45) is 0 Å². The van der Waals surface area contributed by atoms with Crippen LogP contribution in [-0.2, 0) is 17.8 Å². The summed E-state index contributed by atoms with van der Waals surface area (Å²) in [5.74, 6) is 0.00714. The second-order valence-corrected chi connectivity index (χ2v) is 13.6. The second-order valence-electron chi connectivity index (χ2n) is 13.2. The Morgan fingerprint density at radius 2 is 1.74 bits per heavy atom. The highest BCUT2D eigenvalue weighted by molar-refractivity contribution is 6.32. The number of ether oxygens (including phenoxy) is 2. The third-order valence-corrected chi connectivity index (χ3v) is 10.2. The van der Waals surface area contributed by atoms with Gasteiger partial charge in [0.15, 0.2) is 5.65 Å². The lowest BCUT2D eigenvalue weighted by Gasteiger charge is -2.30. The van der Waals surface area contributed by atoms with E-state index in [4.69, 9.17) is 21.1 Å². The molecule has 2 fully saturated rings.